The maximum absolute atomic E-state index is 12.9. The summed E-state index contributed by atoms with van der Waals surface area (Å²) in [4.78, 5) is 41.1. The number of rotatable bonds is 6. The summed E-state index contributed by atoms with van der Waals surface area (Å²) in [6, 6.07) is 12.6. The molecule has 2 aliphatic heterocycles. The van der Waals surface area contributed by atoms with Crippen LogP contribution in [0.25, 0.3) is 6.08 Å². The van der Waals surface area contributed by atoms with E-state index in [2.05, 4.69) is 22.0 Å². The minimum atomic E-state index is -0.492. The summed E-state index contributed by atoms with van der Waals surface area (Å²) >= 11 is 10.7. The van der Waals surface area contributed by atoms with Crippen molar-refractivity contribution in [1.82, 2.24) is 9.80 Å². The first-order valence-electron chi connectivity index (χ1n) is 11.5. The van der Waals surface area contributed by atoms with Crippen LogP contribution in [-0.2, 0) is 16.2 Å². The lowest BCUT2D eigenvalue weighted by Crippen LogP contribution is -2.42. The quantitative estimate of drug-likeness (QED) is 0.385. The molecule has 0 aliphatic carbocycles. The Hall–Kier alpha value is -2.80. The second-order valence-electron chi connectivity index (χ2n) is 8.43. The summed E-state index contributed by atoms with van der Waals surface area (Å²) in [5.41, 5.74) is 1.85. The van der Waals surface area contributed by atoms with Gasteiger partial charge in [-0.05, 0) is 70.4 Å². The third kappa shape index (κ3) is 6.12. The number of hydrogen-bond acceptors (Lipinski definition) is 6. The molecule has 0 N–H and O–H groups in total. The number of likely N-dealkylation sites (tertiary alicyclic amines) is 1. The number of carbonyl (C=O) groups is 3. The van der Waals surface area contributed by atoms with Gasteiger partial charge in [-0.25, -0.2) is 0 Å². The van der Waals surface area contributed by atoms with E-state index < -0.39 is 11.1 Å². The van der Waals surface area contributed by atoms with Gasteiger partial charge in [0.05, 0.1) is 26.0 Å². The molecule has 2 aromatic carbocycles. The molecule has 0 spiro atoms. The van der Waals surface area contributed by atoms with Crippen molar-refractivity contribution in [2.45, 2.75) is 32.3 Å². The summed E-state index contributed by atoms with van der Waals surface area (Å²) in [5.74, 6) is -0.294. The first-order chi connectivity index (χ1) is 17.4. The molecule has 0 radical (unpaired) electrons. The normalized spacial score (nSPS) is 17.3. The van der Waals surface area contributed by atoms with E-state index >= 15 is 0 Å². The summed E-state index contributed by atoms with van der Waals surface area (Å²) in [7, 11) is 0. The molecule has 10 heteroatoms. The van der Waals surface area contributed by atoms with Crippen LogP contribution in [-0.4, -0.2) is 46.5 Å². The maximum Gasteiger partial charge on any atom is 0.294 e. The van der Waals surface area contributed by atoms with Crippen molar-refractivity contribution in [3.63, 3.8) is 0 Å². The van der Waals surface area contributed by atoms with Crippen LogP contribution in [0, 0.1) is 11.3 Å². The first-order valence-corrected chi connectivity index (χ1v) is 13.5. The zero-order chi connectivity index (χ0) is 25.7. The number of benzene rings is 2. The van der Waals surface area contributed by atoms with Gasteiger partial charge < -0.3 is 9.64 Å². The third-order valence-electron chi connectivity index (χ3n) is 5.95. The van der Waals surface area contributed by atoms with E-state index in [-0.39, 0.29) is 24.0 Å². The lowest BCUT2D eigenvalue weighted by atomic mass is 10.1. The molecule has 3 amide bonds. The van der Waals surface area contributed by atoms with Crippen LogP contribution in [0.3, 0.4) is 0 Å². The van der Waals surface area contributed by atoms with Crippen LogP contribution >= 0.6 is 39.3 Å². The van der Waals surface area contributed by atoms with Crippen molar-refractivity contribution in [2.75, 3.05) is 19.6 Å². The molecule has 2 saturated heterocycles. The van der Waals surface area contributed by atoms with Crippen LogP contribution < -0.4 is 4.74 Å². The van der Waals surface area contributed by atoms with Crippen molar-refractivity contribution < 1.29 is 19.1 Å². The Kier molecular flexibility index (Phi) is 8.72. The molecule has 2 fully saturated rings. The van der Waals surface area contributed by atoms with Crippen molar-refractivity contribution in [3.8, 4) is 11.8 Å². The highest BCUT2D eigenvalue weighted by Crippen LogP contribution is 2.38. The standard InChI is InChI=1S/C26H23BrClN3O4S/c27-20-11-17(12-21(28)24(20)35-16-19-8-4-3-7-18(19)14-29)13-22-25(33)31(26(34)36-22)15-23(32)30-9-5-1-2-6-10-30/h3-4,7-8,11-13H,1-2,5-6,9-10,15-16H2. The second kappa shape index (κ2) is 12.0. The van der Waals surface area contributed by atoms with E-state index in [0.29, 0.717) is 39.5 Å². The molecule has 7 nitrogen and oxygen atoms in total. The van der Waals surface area contributed by atoms with Gasteiger partial charge in [-0.2, -0.15) is 5.26 Å². The van der Waals surface area contributed by atoms with E-state index in [0.717, 1.165) is 47.9 Å². The van der Waals surface area contributed by atoms with Crippen molar-refractivity contribution in [3.05, 3.63) is 67.5 Å². The molecule has 0 unspecified atom stereocenters. The van der Waals surface area contributed by atoms with Gasteiger partial charge in [-0.3, -0.25) is 19.3 Å². The minimum absolute atomic E-state index is 0.158. The second-order valence-corrected chi connectivity index (χ2v) is 10.7. The molecule has 2 aromatic rings. The van der Waals surface area contributed by atoms with Crippen LogP contribution in [0.1, 0.15) is 42.4 Å². The number of nitrogens with zero attached hydrogens (tertiary/aromatic N) is 3. The molecular formula is C26H23BrClN3O4S. The highest BCUT2D eigenvalue weighted by atomic mass is 79.9. The number of imide groups is 1. The summed E-state index contributed by atoms with van der Waals surface area (Å²) in [6.07, 6.45) is 5.63. The fraction of sp³-hybridized carbons (Fsp3) is 0.308. The SMILES string of the molecule is N#Cc1ccccc1COc1c(Cl)cc(C=C2SC(=O)N(CC(=O)N3CCCCCC3)C2=O)cc1Br. The van der Waals surface area contributed by atoms with Gasteiger partial charge in [0.25, 0.3) is 11.1 Å². The van der Waals surface area contributed by atoms with Crippen LogP contribution in [0.15, 0.2) is 45.8 Å². The lowest BCUT2D eigenvalue weighted by Gasteiger charge is -2.22. The molecule has 4 rings (SSSR count). The smallest absolute Gasteiger partial charge is 0.294 e. The Morgan fingerprint density at radius 2 is 1.89 bits per heavy atom. The average molecular weight is 589 g/mol. The van der Waals surface area contributed by atoms with Gasteiger partial charge in [0.2, 0.25) is 5.91 Å². The van der Waals surface area contributed by atoms with Crippen LogP contribution in [0.2, 0.25) is 5.02 Å². The Bertz CT molecular complexity index is 1250. The molecule has 0 atom stereocenters. The Morgan fingerprint density at radius 1 is 1.17 bits per heavy atom. The minimum Gasteiger partial charge on any atom is -0.486 e. The monoisotopic (exact) mass is 587 g/mol. The Labute approximate surface area is 227 Å². The number of nitriles is 1. The molecule has 2 aliphatic rings. The van der Waals surface area contributed by atoms with Gasteiger partial charge >= 0.3 is 0 Å². The fourth-order valence-electron chi connectivity index (χ4n) is 4.05. The highest BCUT2D eigenvalue weighted by Gasteiger charge is 2.37. The first kappa shape index (κ1) is 26.3. The van der Waals surface area contributed by atoms with Gasteiger partial charge in [0.15, 0.2) is 5.75 Å². The molecule has 36 heavy (non-hydrogen) atoms. The summed E-state index contributed by atoms with van der Waals surface area (Å²) < 4.78 is 6.42. The van der Waals surface area contributed by atoms with Gasteiger partial charge in [-0.1, -0.05) is 42.6 Å². The zero-order valence-corrected chi connectivity index (χ0v) is 22.5. The topological polar surface area (TPSA) is 90.7 Å². The summed E-state index contributed by atoms with van der Waals surface area (Å²) in [6.45, 7) is 1.23. The number of carbonyl (C=O) groups excluding carboxylic acids is 3. The van der Waals surface area contributed by atoms with Crippen molar-refractivity contribution >= 4 is 62.4 Å². The molecule has 0 saturated carbocycles. The van der Waals surface area contributed by atoms with Crippen molar-refractivity contribution in [1.29, 1.82) is 5.26 Å². The van der Waals surface area contributed by atoms with Gasteiger partial charge in [-0.15, -0.1) is 0 Å². The average Bonchev–Trinajstić information content (AvgIpc) is 3.04. The van der Waals surface area contributed by atoms with Crippen LogP contribution in [0.5, 0.6) is 5.75 Å². The number of halogens is 2. The maximum atomic E-state index is 12.9. The van der Waals surface area contributed by atoms with E-state index in [9.17, 15) is 19.6 Å². The number of amides is 3. The molecule has 0 bridgehead atoms. The van der Waals surface area contributed by atoms with Crippen molar-refractivity contribution in [2.24, 2.45) is 0 Å². The van der Waals surface area contributed by atoms with Gasteiger partial charge in [0.1, 0.15) is 13.2 Å². The van der Waals surface area contributed by atoms with E-state index in [4.69, 9.17) is 16.3 Å². The predicted octanol–water partition coefficient (Wildman–Crippen LogP) is 5.99. The van der Waals surface area contributed by atoms with E-state index in [1.54, 1.807) is 35.2 Å². The Balaban J connectivity index is 1.45. The van der Waals surface area contributed by atoms with Crippen LogP contribution in [0.4, 0.5) is 4.79 Å². The zero-order valence-electron chi connectivity index (χ0n) is 19.3. The number of hydrogen-bond donors (Lipinski definition) is 0. The molecule has 186 valence electrons. The van der Waals surface area contributed by atoms with Gasteiger partial charge in [0, 0.05) is 18.7 Å². The summed E-state index contributed by atoms with van der Waals surface area (Å²) in [5, 5.41) is 9.10. The third-order valence-corrected chi connectivity index (χ3v) is 7.73. The molecular weight excluding hydrogens is 566 g/mol. The molecule has 2 heterocycles. The predicted molar refractivity (Wildman–Crippen MR) is 142 cm³/mol. The number of thioether (sulfide) groups is 1. The van der Waals surface area contributed by atoms with E-state index in [1.165, 1.54) is 0 Å². The Morgan fingerprint density at radius 3 is 2.58 bits per heavy atom. The molecule has 0 aromatic heterocycles. The number of ether oxygens (including phenoxy) is 1. The lowest BCUT2D eigenvalue weighted by molar-refractivity contribution is -0.135. The van der Waals surface area contributed by atoms with E-state index in [1.807, 2.05) is 12.1 Å². The largest absolute Gasteiger partial charge is 0.486 e. The highest BCUT2D eigenvalue weighted by molar-refractivity contribution is 9.10. The fourth-order valence-corrected chi connectivity index (χ4v) is 5.88.